The van der Waals surface area contributed by atoms with Crippen LogP contribution in [0.3, 0.4) is 0 Å². The molecule has 0 saturated heterocycles. The van der Waals surface area contributed by atoms with Gasteiger partial charge in [-0.25, -0.2) is 14.4 Å². The molecule has 7 nitrogen and oxygen atoms in total. The van der Waals surface area contributed by atoms with Gasteiger partial charge in [-0.05, 0) is 39.7 Å². The maximum atomic E-state index is 12.3. The van der Waals surface area contributed by atoms with Gasteiger partial charge in [-0.15, -0.1) is 11.3 Å². The summed E-state index contributed by atoms with van der Waals surface area (Å²) >= 11 is 0.917. The van der Waals surface area contributed by atoms with Gasteiger partial charge in [-0.3, -0.25) is 5.32 Å². The fourth-order valence-corrected chi connectivity index (χ4v) is 3.70. The number of nitrogens with one attached hydrogen (secondary N) is 2. The fraction of sp³-hybridized carbons (Fsp3) is 0.650. The first-order valence-corrected chi connectivity index (χ1v) is 10.5. The molecule has 0 unspecified atom stereocenters. The highest BCUT2D eigenvalue weighted by Gasteiger charge is 2.28. The number of rotatable bonds is 10. The van der Waals surface area contributed by atoms with Crippen molar-refractivity contribution < 1.29 is 24.2 Å². The predicted molar refractivity (Wildman–Crippen MR) is 112 cm³/mol. The number of anilines is 1. The molecule has 0 fully saturated rings. The van der Waals surface area contributed by atoms with E-state index < -0.39 is 23.6 Å². The van der Waals surface area contributed by atoms with Gasteiger partial charge < -0.3 is 15.2 Å². The normalized spacial score (nSPS) is 11.2. The number of carbonyl (C=O) groups is 3. The van der Waals surface area contributed by atoms with E-state index in [2.05, 4.69) is 17.6 Å². The van der Waals surface area contributed by atoms with Crippen LogP contribution in [0, 0.1) is 6.92 Å². The molecule has 1 aromatic rings. The van der Waals surface area contributed by atoms with Crippen molar-refractivity contribution in [2.45, 2.75) is 78.7 Å². The number of hydrogen-bond acceptors (Lipinski definition) is 5. The summed E-state index contributed by atoms with van der Waals surface area (Å²) in [5, 5.41) is 14.9. The Labute approximate surface area is 170 Å². The third kappa shape index (κ3) is 7.88. The molecule has 0 spiro atoms. The smallest absolute Gasteiger partial charge is 0.349 e. The molecule has 0 aliphatic rings. The second-order valence-electron chi connectivity index (χ2n) is 7.72. The molecule has 0 aliphatic heterocycles. The molecule has 158 valence electrons. The van der Waals surface area contributed by atoms with E-state index in [0.717, 1.165) is 30.6 Å². The van der Waals surface area contributed by atoms with Crippen LogP contribution in [0.2, 0.25) is 0 Å². The zero-order chi connectivity index (χ0) is 21.3. The lowest BCUT2D eigenvalue weighted by Crippen LogP contribution is -2.29. The Morgan fingerprint density at radius 3 is 2.25 bits per heavy atom. The quantitative estimate of drug-likeness (QED) is 0.362. The first-order chi connectivity index (χ1) is 13.1. The summed E-state index contributed by atoms with van der Waals surface area (Å²) in [5.74, 6) is -1.80. The Kier molecular flexibility index (Phi) is 9.45. The standard InChI is InChI=1S/C20H32N2O5S/c1-6-7-8-9-10-11-12-21-19(26)22-16-14(17(23)24)13(2)15(28-16)18(25)27-20(3,4)5/h6-12H2,1-5H3,(H,23,24)(H2,21,22,26). The lowest BCUT2D eigenvalue weighted by molar-refractivity contribution is 0.00744. The van der Waals surface area contributed by atoms with Crippen LogP contribution in [-0.2, 0) is 4.74 Å². The molecule has 1 heterocycles. The minimum Gasteiger partial charge on any atom is -0.478 e. The van der Waals surface area contributed by atoms with Crippen molar-refractivity contribution in [3.05, 3.63) is 16.0 Å². The molecule has 0 aliphatic carbocycles. The van der Waals surface area contributed by atoms with Crippen LogP contribution in [-0.4, -0.2) is 35.2 Å². The van der Waals surface area contributed by atoms with Crippen LogP contribution >= 0.6 is 11.3 Å². The Morgan fingerprint density at radius 2 is 1.68 bits per heavy atom. The van der Waals surface area contributed by atoms with Gasteiger partial charge in [0.25, 0.3) is 0 Å². The van der Waals surface area contributed by atoms with Crippen molar-refractivity contribution >= 4 is 34.3 Å². The minimum absolute atomic E-state index is 0.0828. The third-order valence-electron chi connectivity index (χ3n) is 3.99. The molecule has 0 aromatic carbocycles. The van der Waals surface area contributed by atoms with Crippen molar-refractivity contribution in [2.75, 3.05) is 11.9 Å². The third-order valence-corrected chi connectivity index (χ3v) is 5.18. The molecule has 28 heavy (non-hydrogen) atoms. The molecule has 0 radical (unpaired) electrons. The van der Waals surface area contributed by atoms with Crippen LogP contribution in [0.15, 0.2) is 0 Å². The fourth-order valence-electron chi connectivity index (χ4n) is 2.63. The van der Waals surface area contributed by atoms with E-state index in [-0.39, 0.29) is 21.0 Å². The summed E-state index contributed by atoms with van der Waals surface area (Å²) in [6.45, 7) is 9.43. The van der Waals surface area contributed by atoms with Gasteiger partial charge in [-0.2, -0.15) is 0 Å². The van der Waals surface area contributed by atoms with E-state index in [4.69, 9.17) is 4.74 Å². The number of carbonyl (C=O) groups excluding carboxylic acids is 2. The lowest BCUT2D eigenvalue weighted by Gasteiger charge is -2.19. The summed E-state index contributed by atoms with van der Waals surface area (Å²) in [6, 6.07) is -0.479. The molecule has 0 saturated carbocycles. The highest BCUT2D eigenvalue weighted by atomic mass is 32.1. The molecule has 3 N–H and O–H groups in total. The van der Waals surface area contributed by atoms with Crippen LogP contribution in [0.1, 0.15) is 91.8 Å². The SMILES string of the molecule is CCCCCCCCNC(=O)Nc1sc(C(=O)OC(C)(C)C)c(C)c1C(=O)O. The Balaban J connectivity index is 2.71. The maximum absolute atomic E-state index is 12.3. The van der Waals surface area contributed by atoms with E-state index in [1.807, 2.05) is 0 Å². The Bertz CT molecular complexity index is 692. The van der Waals surface area contributed by atoms with Gasteiger partial charge in [0.15, 0.2) is 0 Å². The molecular weight excluding hydrogens is 380 g/mol. The number of ether oxygens (including phenoxy) is 1. The number of unbranched alkanes of at least 4 members (excludes halogenated alkanes) is 5. The van der Waals surface area contributed by atoms with Crippen molar-refractivity contribution in [2.24, 2.45) is 0 Å². The van der Waals surface area contributed by atoms with Crippen molar-refractivity contribution in [1.29, 1.82) is 0 Å². The van der Waals surface area contributed by atoms with Crippen LogP contribution in [0.5, 0.6) is 0 Å². The highest BCUT2D eigenvalue weighted by Crippen LogP contribution is 2.34. The molecule has 8 heteroatoms. The molecule has 0 bridgehead atoms. The van der Waals surface area contributed by atoms with Crippen molar-refractivity contribution in [3.8, 4) is 0 Å². The van der Waals surface area contributed by atoms with E-state index in [1.165, 1.54) is 19.3 Å². The minimum atomic E-state index is -1.20. The topological polar surface area (TPSA) is 105 Å². The second-order valence-corrected chi connectivity index (χ2v) is 8.74. The molecule has 1 aromatic heterocycles. The van der Waals surface area contributed by atoms with E-state index in [0.29, 0.717) is 6.54 Å². The number of hydrogen-bond donors (Lipinski definition) is 3. The second kappa shape index (κ2) is 11.0. The predicted octanol–water partition coefficient (Wildman–Crippen LogP) is 5.19. The van der Waals surface area contributed by atoms with Crippen LogP contribution in [0.4, 0.5) is 9.80 Å². The summed E-state index contributed by atoms with van der Waals surface area (Å²) in [4.78, 5) is 36.3. The average molecular weight is 413 g/mol. The Hall–Kier alpha value is -2.09. The molecule has 0 atom stereocenters. The zero-order valence-corrected chi connectivity index (χ0v) is 18.3. The van der Waals surface area contributed by atoms with Gasteiger partial charge in [0.2, 0.25) is 0 Å². The zero-order valence-electron chi connectivity index (χ0n) is 17.4. The van der Waals surface area contributed by atoms with Crippen LogP contribution in [0.25, 0.3) is 0 Å². The van der Waals surface area contributed by atoms with Gasteiger partial charge >= 0.3 is 18.0 Å². The van der Waals surface area contributed by atoms with Gasteiger partial charge in [0.1, 0.15) is 15.5 Å². The summed E-state index contributed by atoms with van der Waals surface area (Å²) < 4.78 is 5.33. The van der Waals surface area contributed by atoms with E-state index in [9.17, 15) is 19.5 Å². The number of aromatic carboxylic acids is 1. The highest BCUT2D eigenvalue weighted by molar-refractivity contribution is 7.18. The first kappa shape index (κ1) is 23.9. The monoisotopic (exact) mass is 412 g/mol. The number of esters is 1. The van der Waals surface area contributed by atoms with Crippen molar-refractivity contribution in [1.82, 2.24) is 5.32 Å². The van der Waals surface area contributed by atoms with E-state index in [1.54, 1.807) is 27.7 Å². The van der Waals surface area contributed by atoms with Gasteiger partial charge in [0.05, 0.1) is 5.56 Å². The number of carboxylic acid groups (broad SMARTS) is 1. The molecular formula is C20H32N2O5S. The number of carboxylic acids is 1. The van der Waals surface area contributed by atoms with Gasteiger partial charge in [0, 0.05) is 6.54 Å². The summed E-state index contributed by atoms with van der Waals surface area (Å²) in [6.07, 6.45) is 6.68. The maximum Gasteiger partial charge on any atom is 0.349 e. The first-order valence-electron chi connectivity index (χ1n) is 9.71. The average Bonchev–Trinajstić information content (AvgIpc) is 2.88. The molecule has 2 amide bonds. The number of thiophene rings is 1. The molecule has 1 rings (SSSR count). The largest absolute Gasteiger partial charge is 0.478 e. The number of urea groups is 1. The Morgan fingerprint density at radius 1 is 1.07 bits per heavy atom. The van der Waals surface area contributed by atoms with Gasteiger partial charge in [-0.1, -0.05) is 39.0 Å². The van der Waals surface area contributed by atoms with Crippen LogP contribution < -0.4 is 10.6 Å². The van der Waals surface area contributed by atoms with Crippen molar-refractivity contribution in [3.63, 3.8) is 0 Å². The number of amides is 2. The van der Waals surface area contributed by atoms with E-state index >= 15 is 0 Å². The summed E-state index contributed by atoms with van der Waals surface area (Å²) in [5.41, 5.74) is -0.488. The summed E-state index contributed by atoms with van der Waals surface area (Å²) in [7, 11) is 0. The lowest BCUT2D eigenvalue weighted by atomic mass is 10.1.